The van der Waals surface area contributed by atoms with Gasteiger partial charge in [0.2, 0.25) is 0 Å². The van der Waals surface area contributed by atoms with E-state index in [0.717, 1.165) is 11.1 Å². The summed E-state index contributed by atoms with van der Waals surface area (Å²) in [4.78, 5) is 0. The molecule has 0 aliphatic heterocycles. The Hall–Kier alpha value is -0.290. The predicted molar refractivity (Wildman–Crippen MR) is 81.7 cm³/mol. The van der Waals surface area contributed by atoms with Crippen molar-refractivity contribution in [2.24, 2.45) is 5.73 Å². The molecule has 0 spiro atoms. The molecule has 0 bridgehead atoms. The fourth-order valence-corrected chi connectivity index (χ4v) is 2.38. The summed E-state index contributed by atoms with van der Waals surface area (Å²) >= 11 is 14.3. The topological polar surface area (TPSA) is 26.0 Å². The van der Waals surface area contributed by atoms with Gasteiger partial charge >= 0.3 is 0 Å². The van der Waals surface area contributed by atoms with Crippen molar-refractivity contribution in [3.05, 3.63) is 67.2 Å². The molecule has 1 unspecified atom stereocenters. The van der Waals surface area contributed by atoms with Gasteiger partial charge in [0.05, 0.1) is 6.04 Å². The second kappa shape index (κ2) is 5.57. The minimum Gasteiger partial charge on any atom is -0.320 e. The van der Waals surface area contributed by atoms with E-state index in [0.29, 0.717) is 10.0 Å². The summed E-state index contributed by atoms with van der Waals surface area (Å²) < 4.78 is 1.18. The van der Waals surface area contributed by atoms with Crippen LogP contribution in [0.5, 0.6) is 0 Å². The van der Waals surface area contributed by atoms with Crippen LogP contribution in [-0.4, -0.2) is 0 Å². The Bertz CT molecular complexity index is 525. The first-order valence-corrected chi connectivity index (χ1v) is 6.87. The van der Waals surface area contributed by atoms with Gasteiger partial charge in [-0.15, -0.1) is 0 Å². The molecule has 0 aromatic heterocycles. The van der Waals surface area contributed by atoms with Crippen LogP contribution in [0.2, 0.25) is 10.0 Å². The van der Waals surface area contributed by atoms with E-state index >= 15 is 0 Å². The number of hydrogen-bond acceptors (Lipinski definition) is 1. The molecular formula is C13H10Cl2IN. The highest BCUT2D eigenvalue weighted by molar-refractivity contribution is 14.1. The Kier molecular flexibility index (Phi) is 4.31. The second-order valence-corrected chi connectivity index (χ2v) is 5.78. The monoisotopic (exact) mass is 377 g/mol. The van der Waals surface area contributed by atoms with E-state index in [1.54, 1.807) is 12.1 Å². The highest BCUT2D eigenvalue weighted by Crippen LogP contribution is 2.29. The van der Waals surface area contributed by atoms with Gasteiger partial charge in [0.15, 0.2) is 0 Å². The summed E-state index contributed by atoms with van der Waals surface area (Å²) in [5, 5.41) is 1.28. The third-order valence-corrected chi connectivity index (χ3v) is 3.82. The van der Waals surface area contributed by atoms with Crippen LogP contribution in [0.4, 0.5) is 0 Å². The fraction of sp³-hybridized carbons (Fsp3) is 0.0769. The predicted octanol–water partition coefficient (Wildman–Crippen LogP) is 4.65. The van der Waals surface area contributed by atoms with Crippen LogP contribution in [0, 0.1) is 3.57 Å². The van der Waals surface area contributed by atoms with Crippen LogP contribution >= 0.6 is 45.8 Å². The summed E-state index contributed by atoms with van der Waals surface area (Å²) in [5.41, 5.74) is 8.06. The van der Waals surface area contributed by atoms with Crippen molar-refractivity contribution in [2.75, 3.05) is 0 Å². The van der Waals surface area contributed by atoms with Crippen molar-refractivity contribution in [1.29, 1.82) is 0 Å². The van der Waals surface area contributed by atoms with Gasteiger partial charge in [0.1, 0.15) is 0 Å². The fourth-order valence-electron chi connectivity index (χ4n) is 1.60. The minimum atomic E-state index is -0.252. The van der Waals surface area contributed by atoms with Crippen LogP contribution < -0.4 is 5.73 Å². The molecule has 0 aliphatic carbocycles. The molecule has 17 heavy (non-hydrogen) atoms. The van der Waals surface area contributed by atoms with Gasteiger partial charge in [-0.1, -0.05) is 35.3 Å². The summed E-state index contributed by atoms with van der Waals surface area (Å²) in [6, 6.07) is 13.1. The van der Waals surface area contributed by atoms with Crippen LogP contribution in [0.3, 0.4) is 0 Å². The van der Waals surface area contributed by atoms with Crippen molar-refractivity contribution in [3.63, 3.8) is 0 Å². The first kappa shape index (κ1) is 13.1. The summed E-state index contributed by atoms with van der Waals surface area (Å²) in [6.45, 7) is 0. The smallest absolute Gasteiger partial charge is 0.0566 e. The number of halogens is 3. The van der Waals surface area contributed by atoms with Crippen LogP contribution in [0.25, 0.3) is 0 Å². The molecule has 4 heteroatoms. The summed E-state index contributed by atoms with van der Waals surface area (Å²) in [6.07, 6.45) is 0. The molecule has 0 aliphatic rings. The van der Waals surface area contributed by atoms with Crippen molar-refractivity contribution in [3.8, 4) is 0 Å². The third-order valence-electron chi connectivity index (χ3n) is 2.52. The lowest BCUT2D eigenvalue weighted by atomic mass is 10.00. The highest BCUT2D eigenvalue weighted by Gasteiger charge is 2.12. The van der Waals surface area contributed by atoms with E-state index in [2.05, 4.69) is 22.6 Å². The van der Waals surface area contributed by atoms with E-state index in [1.807, 2.05) is 30.3 Å². The lowest BCUT2D eigenvalue weighted by Crippen LogP contribution is -2.12. The van der Waals surface area contributed by atoms with Crippen LogP contribution in [-0.2, 0) is 0 Å². The van der Waals surface area contributed by atoms with Gasteiger partial charge in [-0.2, -0.15) is 0 Å². The van der Waals surface area contributed by atoms with Gasteiger partial charge in [-0.05, 0) is 64.0 Å². The van der Waals surface area contributed by atoms with Crippen molar-refractivity contribution in [2.45, 2.75) is 6.04 Å². The summed E-state index contributed by atoms with van der Waals surface area (Å²) in [7, 11) is 0. The molecule has 1 atom stereocenters. The normalized spacial score (nSPS) is 12.5. The molecule has 0 saturated carbocycles. The van der Waals surface area contributed by atoms with E-state index in [-0.39, 0.29) is 6.04 Å². The number of hydrogen-bond donors (Lipinski definition) is 1. The average Bonchev–Trinajstić information content (AvgIpc) is 2.32. The molecule has 0 fully saturated rings. The van der Waals surface area contributed by atoms with Crippen LogP contribution in [0.15, 0.2) is 42.5 Å². The zero-order valence-corrected chi connectivity index (χ0v) is 12.5. The molecule has 1 nitrogen and oxygen atoms in total. The van der Waals surface area contributed by atoms with E-state index in [9.17, 15) is 0 Å². The molecule has 2 rings (SSSR count). The highest BCUT2D eigenvalue weighted by atomic mass is 127. The van der Waals surface area contributed by atoms with Gasteiger partial charge in [0, 0.05) is 13.6 Å². The number of rotatable bonds is 2. The van der Waals surface area contributed by atoms with E-state index in [4.69, 9.17) is 28.9 Å². The molecule has 88 valence electrons. The zero-order valence-electron chi connectivity index (χ0n) is 8.83. The maximum absolute atomic E-state index is 6.19. The first-order valence-electron chi connectivity index (χ1n) is 5.04. The lowest BCUT2D eigenvalue weighted by Gasteiger charge is -2.14. The molecule has 0 radical (unpaired) electrons. The quantitative estimate of drug-likeness (QED) is 0.757. The SMILES string of the molecule is NC(c1ccc(I)cc1)c1cc(Cl)ccc1Cl. The Morgan fingerprint density at radius 3 is 2.29 bits per heavy atom. The van der Waals surface area contributed by atoms with Gasteiger partial charge < -0.3 is 5.73 Å². The second-order valence-electron chi connectivity index (χ2n) is 3.70. The molecule has 0 heterocycles. The van der Waals surface area contributed by atoms with E-state index < -0.39 is 0 Å². The van der Waals surface area contributed by atoms with Crippen molar-refractivity contribution >= 4 is 45.8 Å². The Morgan fingerprint density at radius 2 is 1.65 bits per heavy atom. The van der Waals surface area contributed by atoms with Gasteiger partial charge in [-0.3, -0.25) is 0 Å². The number of nitrogens with two attached hydrogens (primary N) is 1. The average molecular weight is 378 g/mol. The molecule has 0 saturated heterocycles. The number of benzene rings is 2. The Balaban J connectivity index is 2.39. The van der Waals surface area contributed by atoms with Gasteiger partial charge in [0.25, 0.3) is 0 Å². The van der Waals surface area contributed by atoms with Crippen LogP contribution in [0.1, 0.15) is 17.2 Å². The third kappa shape index (κ3) is 3.13. The minimum absolute atomic E-state index is 0.252. The molecular weight excluding hydrogens is 368 g/mol. The maximum atomic E-state index is 6.19. The molecule has 2 aromatic rings. The Labute approximate surface area is 124 Å². The molecule has 2 aromatic carbocycles. The lowest BCUT2D eigenvalue weighted by molar-refractivity contribution is 0.871. The zero-order chi connectivity index (χ0) is 12.4. The van der Waals surface area contributed by atoms with Gasteiger partial charge in [-0.25, -0.2) is 0 Å². The van der Waals surface area contributed by atoms with Crippen molar-refractivity contribution in [1.82, 2.24) is 0 Å². The van der Waals surface area contributed by atoms with Crippen molar-refractivity contribution < 1.29 is 0 Å². The summed E-state index contributed by atoms with van der Waals surface area (Å²) in [5.74, 6) is 0. The van der Waals surface area contributed by atoms with E-state index in [1.165, 1.54) is 3.57 Å². The first-order chi connectivity index (χ1) is 8.08. The maximum Gasteiger partial charge on any atom is 0.0566 e. The molecule has 0 amide bonds. The molecule has 2 N–H and O–H groups in total. The Morgan fingerprint density at radius 1 is 1.00 bits per heavy atom. The standard InChI is InChI=1S/C13H10Cl2IN/c14-9-3-6-12(15)11(7-9)13(17)8-1-4-10(16)5-2-8/h1-7,13H,17H2. The largest absolute Gasteiger partial charge is 0.320 e.